The molecule has 0 saturated heterocycles. The summed E-state index contributed by atoms with van der Waals surface area (Å²) in [5, 5.41) is 6.82. The third-order valence-electron chi connectivity index (χ3n) is 4.56. The maximum atomic E-state index is 11.8. The zero-order valence-electron chi connectivity index (χ0n) is 14.1. The summed E-state index contributed by atoms with van der Waals surface area (Å²) in [6.07, 6.45) is 8.32. The Morgan fingerprint density at radius 3 is 2.33 bits per heavy atom. The average molecular weight is 296 g/mol. The lowest BCUT2D eigenvalue weighted by Gasteiger charge is -2.30. The van der Waals surface area contributed by atoms with Gasteiger partial charge in [0.2, 0.25) is 0 Å². The van der Waals surface area contributed by atoms with Gasteiger partial charge in [-0.3, -0.25) is 0 Å². The van der Waals surface area contributed by atoms with Crippen LogP contribution in [0.4, 0.5) is 4.79 Å². The van der Waals surface area contributed by atoms with Gasteiger partial charge in [-0.25, -0.2) is 4.79 Å². The van der Waals surface area contributed by atoms with Gasteiger partial charge in [-0.2, -0.15) is 0 Å². The van der Waals surface area contributed by atoms with Crippen molar-refractivity contribution in [3.8, 4) is 0 Å². The van der Waals surface area contributed by atoms with E-state index in [0.717, 1.165) is 25.2 Å². The van der Waals surface area contributed by atoms with Crippen molar-refractivity contribution in [3.05, 3.63) is 0 Å². The van der Waals surface area contributed by atoms with Crippen LogP contribution in [-0.4, -0.2) is 29.8 Å². The number of hydrogen-bond donors (Lipinski definition) is 2. The van der Waals surface area contributed by atoms with Crippen LogP contribution in [-0.2, 0) is 4.74 Å². The maximum Gasteiger partial charge on any atom is 0.407 e. The normalized spacial score (nSPS) is 33.7. The first-order chi connectivity index (χ1) is 9.82. The van der Waals surface area contributed by atoms with Crippen LogP contribution in [0.25, 0.3) is 0 Å². The predicted molar refractivity (Wildman–Crippen MR) is 85.4 cm³/mol. The Kier molecular flexibility index (Phi) is 5.53. The second-order valence-electron chi connectivity index (χ2n) is 7.99. The van der Waals surface area contributed by atoms with Crippen LogP contribution < -0.4 is 10.6 Å². The molecule has 0 heterocycles. The van der Waals surface area contributed by atoms with E-state index in [0.29, 0.717) is 12.1 Å². The van der Waals surface area contributed by atoms with Gasteiger partial charge in [0.15, 0.2) is 0 Å². The van der Waals surface area contributed by atoms with E-state index in [-0.39, 0.29) is 12.1 Å². The quantitative estimate of drug-likeness (QED) is 0.836. The minimum atomic E-state index is -0.418. The highest BCUT2D eigenvalue weighted by molar-refractivity contribution is 5.68. The van der Waals surface area contributed by atoms with Crippen LogP contribution in [0.5, 0.6) is 0 Å². The van der Waals surface area contributed by atoms with E-state index < -0.39 is 5.60 Å². The highest BCUT2D eigenvalue weighted by Crippen LogP contribution is 2.26. The second-order valence-corrected chi connectivity index (χ2v) is 7.99. The van der Waals surface area contributed by atoms with Crippen LogP contribution in [0.1, 0.15) is 72.6 Å². The molecule has 0 spiro atoms. The summed E-state index contributed by atoms with van der Waals surface area (Å²) in [6.45, 7) is 8.05. The van der Waals surface area contributed by atoms with Gasteiger partial charge in [-0.1, -0.05) is 19.8 Å². The van der Waals surface area contributed by atoms with Crippen molar-refractivity contribution in [3.63, 3.8) is 0 Å². The molecule has 2 rings (SSSR count). The summed E-state index contributed by atoms with van der Waals surface area (Å²) >= 11 is 0. The lowest BCUT2D eigenvalue weighted by atomic mass is 9.86. The largest absolute Gasteiger partial charge is 0.444 e. The monoisotopic (exact) mass is 296 g/mol. The molecule has 0 radical (unpaired) electrons. The molecule has 2 saturated carbocycles. The number of carbonyl (C=O) groups excluding carboxylic acids is 1. The third kappa shape index (κ3) is 5.85. The fourth-order valence-corrected chi connectivity index (χ4v) is 3.66. The van der Waals surface area contributed by atoms with E-state index in [9.17, 15) is 4.79 Å². The molecular formula is C17H32N2O2. The summed E-state index contributed by atoms with van der Waals surface area (Å²) < 4.78 is 5.33. The Labute approximate surface area is 129 Å². The zero-order chi connectivity index (χ0) is 15.5. The van der Waals surface area contributed by atoms with Crippen LogP contribution >= 0.6 is 0 Å². The summed E-state index contributed by atoms with van der Waals surface area (Å²) in [7, 11) is 0. The molecule has 0 bridgehead atoms. The van der Waals surface area contributed by atoms with Crippen LogP contribution in [0, 0.1) is 5.92 Å². The summed E-state index contributed by atoms with van der Waals surface area (Å²) in [6, 6.07) is 1.50. The van der Waals surface area contributed by atoms with Crippen LogP contribution in [0.3, 0.4) is 0 Å². The molecule has 4 atom stereocenters. The standard InChI is InChI=1S/C17H32N2O2/c1-12-6-5-7-13(10-12)18-14-8-9-15(11-14)19-16(20)21-17(2,3)4/h12-15,18H,5-11H2,1-4H3,(H,19,20). The molecule has 2 N–H and O–H groups in total. The van der Waals surface area contributed by atoms with Gasteiger partial charge in [0, 0.05) is 18.1 Å². The molecule has 21 heavy (non-hydrogen) atoms. The summed E-state index contributed by atoms with van der Waals surface area (Å²) in [4.78, 5) is 11.8. The van der Waals surface area contributed by atoms with Gasteiger partial charge in [0.25, 0.3) is 0 Å². The number of alkyl carbamates (subject to hydrolysis) is 1. The Bertz CT molecular complexity index is 351. The van der Waals surface area contributed by atoms with Gasteiger partial charge in [0.1, 0.15) is 5.60 Å². The fraction of sp³-hybridized carbons (Fsp3) is 0.941. The SMILES string of the molecule is CC1CCCC(NC2CCC(NC(=O)OC(C)(C)C)C2)C1. The molecular weight excluding hydrogens is 264 g/mol. The number of amides is 1. The van der Waals surface area contributed by atoms with Crippen molar-refractivity contribution >= 4 is 6.09 Å². The molecule has 0 aliphatic heterocycles. The molecule has 2 aliphatic rings. The van der Waals surface area contributed by atoms with E-state index >= 15 is 0 Å². The molecule has 0 aromatic rings. The van der Waals surface area contributed by atoms with Gasteiger partial charge in [-0.15, -0.1) is 0 Å². The second kappa shape index (κ2) is 6.99. The molecule has 122 valence electrons. The molecule has 2 aliphatic carbocycles. The Balaban J connectivity index is 1.69. The van der Waals surface area contributed by atoms with E-state index in [1.54, 1.807) is 0 Å². The molecule has 0 aromatic carbocycles. The first-order valence-electron chi connectivity index (χ1n) is 8.57. The van der Waals surface area contributed by atoms with Gasteiger partial charge in [-0.05, 0) is 58.8 Å². The number of ether oxygens (including phenoxy) is 1. The van der Waals surface area contributed by atoms with Crippen molar-refractivity contribution < 1.29 is 9.53 Å². The average Bonchev–Trinajstić information content (AvgIpc) is 2.73. The minimum absolute atomic E-state index is 0.262. The Hall–Kier alpha value is -0.770. The van der Waals surface area contributed by atoms with Gasteiger partial charge < -0.3 is 15.4 Å². The fourth-order valence-electron chi connectivity index (χ4n) is 3.66. The molecule has 2 fully saturated rings. The first-order valence-corrected chi connectivity index (χ1v) is 8.57. The van der Waals surface area contributed by atoms with Crippen molar-refractivity contribution in [2.45, 2.75) is 96.4 Å². The highest BCUT2D eigenvalue weighted by atomic mass is 16.6. The van der Waals surface area contributed by atoms with Crippen LogP contribution in [0.2, 0.25) is 0 Å². The summed E-state index contributed by atoms with van der Waals surface area (Å²) in [5.41, 5.74) is -0.418. The van der Waals surface area contributed by atoms with Crippen molar-refractivity contribution in [1.29, 1.82) is 0 Å². The molecule has 4 heteroatoms. The number of hydrogen-bond acceptors (Lipinski definition) is 3. The van der Waals surface area contributed by atoms with Crippen molar-refractivity contribution in [1.82, 2.24) is 10.6 Å². The molecule has 4 nitrogen and oxygen atoms in total. The minimum Gasteiger partial charge on any atom is -0.444 e. The zero-order valence-corrected chi connectivity index (χ0v) is 14.1. The lowest BCUT2D eigenvalue weighted by molar-refractivity contribution is 0.0505. The third-order valence-corrected chi connectivity index (χ3v) is 4.56. The molecule has 0 aromatic heterocycles. The van der Waals surface area contributed by atoms with E-state index in [1.807, 2.05) is 20.8 Å². The van der Waals surface area contributed by atoms with E-state index in [1.165, 1.54) is 25.7 Å². The lowest BCUT2D eigenvalue weighted by Crippen LogP contribution is -2.42. The molecule has 4 unspecified atom stereocenters. The maximum absolute atomic E-state index is 11.8. The smallest absolute Gasteiger partial charge is 0.407 e. The number of nitrogens with one attached hydrogen (secondary N) is 2. The Morgan fingerprint density at radius 2 is 1.67 bits per heavy atom. The highest BCUT2D eigenvalue weighted by Gasteiger charge is 2.30. The summed E-state index contributed by atoms with van der Waals surface area (Å²) in [5.74, 6) is 0.855. The van der Waals surface area contributed by atoms with Crippen molar-refractivity contribution in [2.24, 2.45) is 5.92 Å². The van der Waals surface area contributed by atoms with Gasteiger partial charge >= 0.3 is 6.09 Å². The predicted octanol–water partition coefficient (Wildman–Crippen LogP) is 3.60. The first kappa shape index (κ1) is 16.6. The number of rotatable bonds is 3. The van der Waals surface area contributed by atoms with Gasteiger partial charge in [0.05, 0.1) is 0 Å². The van der Waals surface area contributed by atoms with E-state index in [2.05, 4.69) is 17.6 Å². The van der Waals surface area contributed by atoms with E-state index in [4.69, 9.17) is 4.74 Å². The topological polar surface area (TPSA) is 50.4 Å². The van der Waals surface area contributed by atoms with Crippen LogP contribution in [0.15, 0.2) is 0 Å². The number of carbonyl (C=O) groups is 1. The van der Waals surface area contributed by atoms with Crippen molar-refractivity contribution in [2.75, 3.05) is 0 Å². The molecule has 1 amide bonds. The Morgan fingerprint density at radius 1 is 1.00 bits per heavy atom.